The lowest BCUT2D eigenvalue weighted by Crippen LogP contribution is -2.43. The van der Waals surface area contributed by atoms with Gasteiger partial charge in [-0.05, 0) is 55.5 Å². The summed E-state index contributed by atoms with van der Waals surface area (Å²) in [6, 6.07) is 12.9. The van der Waals surface area contributed by atoms with Crippen LogP contribution in [0.4, 0.5) is 0 Å². The van der Waals surface area contributed by atoms with Gasteiger partial charge in [0.05, 0.1) is 26.0 Å². The first-order valence-electron chi connectivity index (χ1n) is 10.8. The van der Waals surface area contributed by atoms with Gasteiger partial charge < -0.3 is 14.8 Å². The fraction of sp³-hybridized carbons (Fsp3) is 0.458. The number of ether oxygens (including phenoxy) is 2. The first kappa shape index (κ1) is 24.1. The molecule has 2 aromatic rings. The maximum Gasteiger partial charge on any atom is 0.223 e. The van der Waals surface area contributed by atoms with Gasteiger partial charge in [-0.25, -0.2) is 12.7 Å². The number of nitrogens with one attached hydrogen (secondary N) is 1. The van der Waals surface area contributed by atoms with Crippen LogP contribution < -0.4 is 14.8 Å². The lowest BCUT2D eigenvalue weighted by Gasteiger charge is -2.31. The number of piperidine rings is 1. The number of benzene rings is 2. The van der Waals surface area contributed by atoms with E-state index in [-0.39, 0.29) is 23.6 Å². The molecular weight excluding hydrogens is 428 g/mol. The van der Waals surface area contributed by atoms with Crippen molar-refractivity contribution in [2.24, 2.45) is 5.92 Å². The number of nitrogens with zero attached hydrogens (tertiary/aromatic N) is 1. The van der Waals surface area contributed by atoms with Crippen LogP contribution >= 0.6 is 0 Å². The predicted octanol–water partition coefficient (Wildman–Crippen LogP) is 3.43. The molecule has 0 spiro atoms. The third kappa shape index (κ3) is 5.61. The van der Waals surface area contributed by atoms with Crippen molar-refractivity contribution in [3.8, 4) is 11.5 Å². The second kappa shape index (κ2) is 10.4. The summed E-state index contributed by atoms with van der Waals surface area (Å²) in [5, 5.41) is 3.05. The van der Waals surface area contributed by atoms with Gasteiger partial charge in [-0.3, -0.25) is 4.79 Å². The van der Waals surface area contributed by atoms with Crippen molar-refractivity contribution >= 4 is 15.9 Å². The van der Waals surface area contributed by atoms with E-state index in [1.165, 1.54) is 4.31 Å². The van der Waals surface area contributed by atoms with Crippen molar-refractivity contribution < 1.29 is 22.7 Å². The second-order valence-corrected chi connectivity index (χ2v) is 10.2. The van der Waals surface area contributed by atoms with E-state index in [1.54, 1.807) is 14.2 Å². The quantitative estimate of drug-likeness (QED) is 0.652. The maximum absolute atomic E-state index is 12.9. The molecule has 1 amide bonds. The Hall–Kier alpha value is -2.58. The molecular formula is C24H32N2O5S. The molecule has 0 aromatic heterocycles. The largest absolute Gasteiger partial charge is 0.493 e. The molecule has 3 rings (SSSR count). The van der Waals surface area contributed by atoms with Crippen molar-refractivity contribution in [1.82, 2.24) is 9.62 Å². The van der Waals surface area contributed by atoms with Crippen molar-refractivity contribution in [3.05, 3.63) is 59.2 Å². The van der Waals surface area contributed by atoms with Gasteiger partial charge in [0.2, 0.25) is 15.9 Å². The Balaban J connectivity index is 1.56. The minimum atomic E-state index is -3.41. The molecule has 0 saturated carbocycles. The summed E-state index contributed by atoms with van der Waals surface area (Å²) in [5.74, 6) is 0.977. The third-order valence-electron chi connectivity index (χ3n) is 6.08. The van der Waals surface area contributed by atoms with Gasteiger partial charge in [0.15, 0.2) is 11.5 Å². The number of carbonyl (C=O) groups is 1. The van der Waals surface area contributed by atoms with Crippen LogP contribution in [0.1, 0.15) is 42.5 Å². The van der Waals surface area contributed by atoms with Crippen LogP contribution in [0, 0.1) is 12.8 Å². The summed E-state index contributed by atoms with van der Waals surface area (Å²) >= 11 is 0. The van der Waals surface area contributed by atoms with Gasteiger partial charge in [0.1, 0.15) is 0 Å². The second-order valence-electron chi connectivity index (χ2n) is 8.20. The van der Waals surface area contributed by atoms with Gasteiger partial charge in [0, 0.05) is 19.0 Å². The van der Waals surface area contributed by atoms with E-state index >= 15 is 0 Å². The van der Waals surface area contributed by atoms with E-state index < -0.39 is 10.0 Å². The summed E-state index contributed by atoms with van der Waals surface area (Å²) < 4.78 is 37.8. The number of hydrogen-bond acceptors (Lipinski definition) is 5. The average molecular weight is 461 g/mol. The smallest absolute Gasteiger partial charge is 0.223 e. The molecule has 1 heterocycles. The molecule has 174 valence electrons. The molecule has 7 nitrogen and oxygen atoms in total. The zero-order chi connectivity index (χ0) is 23.3. The molecule has 0 radical (unpaired) electrons. The minimum absolute atomic E-state index is 0.00707. The highest BCUT2D eigenvalue weighted by Gasteiger charge is 2.32. The molecule has 2 aromatic carbocycles. The summed E-state index contributed by atoms with van der Waals surface area (Å²) in [7, 11) is -0.258. The molecule has 8 heteroatoms. The summed E-state index contributed by atoms with van der Waals surface area (Å²) in [5.41, 5.74) is 2.69. The van der Waals surface area contributed by atoms with E-state index in [0.29, 0.717) is 37.4 Å². The van der Waals surface area contributed by atoms with Crippen LogP contribution in [0.5, 0.6) is 11.5 Å². The Kier molecular flexibility index (Phi) is 7.79. The molecule has 1 aliphatic rings. The SMILES string of the molecule is COc1ccc(C(C)NC(=O)C2CCN(S(=O)(=O)Cc3ccccc3C)CC2)cc1OC. The molecule has 32 heavy (non-hydrogen) atoms. The van der Waals surface area contributed by atoms with Gasteiger partial charge in [-0.15, -0.1) is 0 Å². The van der Waals surface area contributed by atoms with Gasteiger partial charge in [0.25, 0.3) is 0 Å². The van der Waals surface area contributed by atoms with Crippen molar-refractivity contribution in [3.63, 3.8) is 0 Å². The predicted molar refractivity (Wildman–Crippen MR) is 124 cm³/mol. The molecule has 1 fully saturated rings. The van der Waals surface area contributed by atoms with Gasteiger partial charge in [-0.1, -0.05) is 30.3 Å². The highest BCUT2D eigenvalue weighted by molar-refractivity contribution is 7.88. The van der Waals surface area contributed by atoms with Crippen LogP contribution in [0.15, 0.2) is 42.5 Å². The molecule has 1 atom stereocenters. The Bertz CT molecular complexity index is 1050. The molecule has 1 unspecified atom stereocenters. The third-order valence-corrected chi connectivity index (χ3v) is 7.91. The normalized spacial score (nSPS) is 16.4. The summed E-state index contributed by atoms with van der Waals surface area (Å²) in [6.07, 6.45) is 1.02. The summed E-state index contributed by atoms with van der Waals surface area (Å²) in [6.45, 7) is 4.55. The number of aryl methyl sites for hydroxylation is 1. The molecule has 1 N–H and O–H groups in total. The van der Waals surface area contributed by atoms with Crippen LogP contribution in [0.2, 0.25) is 0 Å². The Morgan fingerprint density at radius 2 is 1.75 bits per heavy atom. The molecule has 1 saturated heterocycles. The number of hydrogen-bond donors (Lipinski definition) is 1. The number of sulfonamides is 1. The topological polar surface area (TPSA) is 84.9 Å². The fourth-order valence-corrected chi connectivity index (χ4v) is 5.66. The maximum atomic E-state index is 12.9. The standard InChI is InChI=1S/C24H32N2O5S/c1-17-7-5-6-8-21(17)16-32(28,29)26-13-11-19(12-14-26)24(27)25-18(2)20-9-10-22(30-3)23(15-20)31-4/h5-10,15,18-19H,11-14,16H2,1-4H3,(H,25,27). The first-order chi connectivity index (χ1) is 15.2. The molecule has 0 aliphatic carbocycles. The molecule has 1 aliphatic heterocycles. The van der Waals surface area contributed by atoms with Crippen LogP contribution in [0.3, 0.4) is 0 Å². The lowest BCUT2D eigenvalue weighted by atomic mass is 9.96. The van der Waals surface area contributed by atoms with E-state index in [1.807, 2.05) is 56.3 Å². The number of rotatable bonds is 8. The average Bonchev–Trinajstić information content (AvgIpc) is 2.80. The van der Waals surface area contributed by atoms with Crippen LogP contribution in [-0.2, 0) is 20.6 Å². The fourth-order valence-electron chi connectivity index (χ4n) is 3.99. The van der Waals surface area contributed by atoms with Crippen molar-refractivity contribution in [1.29, 1.82) is 0 Å². The number of methoxy groups -OCH3 is 2. The first-order valence-corrected chi connectivity index (χ1v) is 12.4. The van der Waals surface area contributed by atoms with Crippen LogP contribution in [0.25, 0.3) is 0 Å². The van der Waals surface area contributed by atoms with Crippen molar-refractivity contribution in [2.75, 3.05) is 27.3 Å². The minimum Gasteiger partial charge on any atom is -0.493 e. The summed E-state index contributed by atoms with van der Waals surface area (Å²) in [4.78, 5) is 12.8. The highest BCUT2D eigenvalue weighted by Crippen LogP contribution is 2.30. The number of amides is 1. The van der Waals surface area contributed by atoms with Gasteiger partial charge >= 0.3 is 0 Å². The van der Waals surface area contributed by atoms with E-state index in [2.05, 4.69) is 5.32 Å². The number of carbonyl (C=O) groups excluding carboxylic acids is 1. The van der Waals surface area contributed by atoms with Gasteiger partial charge in [-0.2, -0.15) is 0 Å². The zero-order valence-corrected chi connectivity index (χ0v) is 19.9. The van der Waals surface area contributed by atoms with E-state index in [4.69, 9.17) is 9.47 Å². The Morgan fingerprint density at radius 3 is 2.38 bits per heavy atom. The van der Waals surface area contributed by atoms with E-state index in [0.717, 1.165) is 16.7 Å². The Morgan fingerprint density at radius 1 is 1.09 bits per heavy atom. The highest BCUT2D eigenvalue weighted by atomic mass is 32.2. The van der Waals surface area contributed by atoms with E-state index in [9.17, 15) is 13.2 Å². The zero-order valence-electron chi connectivity index (χ0n) is 19.1. The Labute approximate surface area is 190 Å². The molecule has 0 bridgehead atoms. The van der Waals surface area contributed by atoms with Crippen molar-refractivity contribution in [2.45, 2.75) is 38.5 Å². The monoisotopic (exact) mass is 460 g/mol. The lowest BCUT2D eigenvalue weighted by molar-refractivity contribution is -0.126. The van der Waals surface area contributed by atoms with Crippen LogP contribution in [-0.4, -0.2) is 45.9 Å².